The zero-order valence-corrected chi connectivity index (χ0v) is 12.3. The minimum Gasteiger partial charge on any atom is -0.356 e. The Morgan fingerprint density at radius 2 is 1.95 bits per heavy atom. The van der Waals surface area contributed by atoms with Gasteiger partial charge in [0, 0.05) is 11.3 Å². The summed E-state index contributed by atoms with van der Waals surface area (Å²) >= 11 is 0. The Morgan fingerprint density at radius 3 is 2.53 bits per heavy atom. The highest BCUT2D eigenvalue weighted by molar-refractivity contribution is 5.68. The molecule has 1 nitrogen and oxygen atoms in total. The summed E-state index contributed by atoms with van der Waals surface area (Å²) in [6, 6.07) is 8.15. The number of hydrogen-bond donors (Lipinski definition) is 1. The van der Waals surface area contributed by atoms with E-state index < -0.39 is 6.30 Å². The van der Waals surface area contributed by atoms with Crippen LogP contribution in [0, 0.1) is 0 Å². The maximum atomic E-state index is 13.3. The minimum atomic E-state index is -1.07. The van der Waals surface area contributed by atoms with Crippen LogP contribution in [-0.4, -0.2) is 6.30 Å². The van der Waals surface area contributed by atoms with Crippen LogP contribution in [0.3, 0.4) is 0 Å². The average Bonchev–Trinajstić information content (AvgIpc) is 2.37. The molecule has 1 aromatic carbocycles. The van der Waals surface area contributed by atoms with Crippen molar-refractivity contribution in [3.05, 3.63) is 53.6 Å². The lowest BCUT2D eigenvalue weighted by Gasteiger charge is -2.17. The van der Waals surface area contributed by atoms with Crippen LogP contribution in [0.2, 0.25) is 0 Å². The second-order valence-corrected chi connectivity index (χ2v) is 4.92. The molecule has 0 amide bonds. The first-order valence-electron chi connectivity index (χ1n) is 6.93. The third-order valence-electron chi connectivity index (χ3n) is 2.86. The van der Waals surface area contributed by atoms with Gasteiger partial charge in [-0.15, -0.1) is 0 Å². The van der Waals surface area contributed by atoms with E-state index in [2.05, 4.69) is 38.2 Å². The molecule has 19 heavy (non-hydrogen) atoms. The van der Waals surface area contributed by atoms with Gasteiger partial charge in [0.1, 0.15) is 0 Å². The Hall–Kier alpha value is -1.57. The highest BCUT2D eigenvalue weighted by Crippen LogP contribution is 2.24. The summed E-state index contributed by atoms with van der Waals surface area (Å²) in [6.07, 6.45) is 5.88. The van der Waals surface area contributed by atoms with Gasteiger partial charge in [-0.05, 0) is 30.9 Å². The average molecular weight is 261 g/mol. The van der Waals surface area contributed by atoms with Crippen LogP contribution in [0.4, 0.5) is 4.39 Å². The smallest absolute Gasteiger partial charge is 0.167 e. The Bertz CT molecular complexity index is 444. The normalized spacial score (nSPS) is 14.1. The van der Waals surface area contributed by atoms with Gasteiger partial charge in [-0.2, -0.15) is 0 Å². The summed E-state index contributed by atoms with van der Waals surface area (Å²) in [6.45, 7) is 7.89. The first-order valence-corrected chi connectivity index (χ1v) is 6.93. The molecule has 1 rings (SSSR count). The van der Waals surface area contributed by atoms with Gasteiger partial charge in [0.25, 0.3) is 0 Å². The highest BCUT2D eigenvalue weighted by atomic mass is 19.1. The van der Waals surface area contributed by atoms with Gasteiger partial charge in [-0.3, -0.25) is 0 Å². The van der Waals surface area contributed by atoms with Gasteiger partial charge in [-0.1, -0.05) is 57.2 Å². The summed E-state index contributed by atoms with van der Waals surface area (Å²) in [4.78, 5) is 0. The van der Waals surface area contributed by atoms with Gasteiger partial charge in [0.05, 0.1) is 0 Å². The van der Waals surface area contributed by atoms with Crippen LogP contribution < -0.4 is 5.32 Å². The molecule has 1 aromatic rings. The molecule has 0 radical (unpaired) electrons. The summed E-state index contributed by atoms with van der Waals surface area (Å²) in [5, 5.41) is 2.89. The molecular formula is C17H24FN. The van der Waals surface area contributed by atoms with Crippen LogP contribution >= 0.6 is 0 Å². The van der Waals surface area contributed by atoms with E-state index in [0.29, 0.717) is 5.92 Å². The van der Waals surface area contributed by atoms with Crippen molar-refractivity contribution >= 4 is 5.70 Å². The number of rotatable bonds is 6. The molecule has 0 aliphatic rings. The van der Waals surface area contributed by atoms with E-state index in [0.717, 1.165) is 17.7 Å². The lowest BCUT2D eigenvalue weighted by Crippen LogP contribution is -2.20. The summed E-state index contributed by atoms with van der Waals surface area (Å²) in [5.41, 5.74) is 3.14. The van der Waals surface area contributed by atoms with E-state index in [-0.39, 0.29) is 0 Å². The molecule has 2 heteroatoms. The predicted molar refractivity (Wildman–Crippen MR) is 81.6 cm³/mol. The molecule has 0 saturated heterocycles. The maximum absolute atomic E-state index is 13.3. The SMILES string of the molecule is CC/C=C\C=C(/NC(C)F)c1ccccc1C(C)C. The van der Waals surface area contributed by atoms with Crippen LogP contribution in [-0.2, 0) is 0 Å². The predicted octanol–water partition coefficient (Wildman–Crippen LogP) is 5.02. The van der Waals surface area contributed by atoms with Crippen LogP contribution in [0.25, 0.3) is 5.70 Å². The van der Waals surface area contributed by atoms with Crippen molar-refractivity contribution < 1.29 is 4.39 Å². The van der Waals surface area contributed by atoms with E-state index in [4.69, 9.17) is 0 Å². The van der Waals surface area contributed by atoms with Crippen molar-refractivity contribution in [3.63, 3.8) is 0 Å². The topological polar surface area (TPSA) is 12.0 Å². The molecule has 0 bridgehead atoms. The van der Waals surface area contributed by atoms with Gasteiger partial charge in [-0.25, -0.2) is 4.39 Å². The Balaban J connectivity index is 3.17. The number of allylic oxidation sites excluding steroid dienone is 3. The van der Waals surface area contributed by atoms with Crippen molar-refractivity contribution in [2.24, 2.45) is 0 Å². The van der Waals surface area contributed by atoms with E-state index in [9.17, 15) is 4.39 Å². The fraction of sp³-hybridized carbons (Fsp3) is 0.412. The minimum absolute atomic E-state index is 0.409. The molecule has 0 aliphatic heterocycles. The second kappa shape index (κ2) is 7.78. The summed E-state index contributed by atoms with van der Waals surface area (Å²) in [7, 11) is 0. The van der Waals surface area contributed by atoms with Crippen molar-refractivity contribution in [2.45, 2.75) is 46.3 Å². The van der Waals surface area contributed by atoms with Crippen molar-refractivity contribution in [3.8, 4) is 0 Å². The highest BCUT2D eigenvalue weighted by Gasteiger charge is 2.11. The zero-order valence-electron chi connectivity index (χ0n) is 12.3. The number of nitrogens with one attached hydrogen (secondary N) is 1. The van der Waals surface area contributed by atoms with Crippen molar-refractivity contribution in [1.29, 1.82) is 0 Å². The number of hydrogen-bond acceptors (Lipinski definition) is 1. The standard InChI is InChI=1S/C17H24FN/c1-5-6-7-12-17(19-14(4)18)16-11-9-8-10-15(16)13(2)3/h6-14,19H,5H2,1-4H3/b7-6-,17-12-. The van der Waals surface area contributed by atoms with Crippen LogP contribution in [0.1, 0.15) is 51.2 Å². The lowest BCUT2D eigenvalue weighted by atomic mass is 9.95. The molecular weight excluding hydrogens is 237 g/mol. The van der Waals surface area contributed by atoms with Gasteiger partial charge in [0.15, 0.2) is 6.30 Å². The van der Waals surface area contributed by atoms with Crippen molar-refractivity contribution in [1.82, 2.24) is 5.32 Å². The summed E-state index contributed by atoms with van der Waals surface area (Å²) in [5.74, 6) is 0.409. The number of alkyl halides is 1. The van der Waals surface area contributed by atoms with Gasteiger partial charge in [0.2, 0.25) is 0 Å². The number of halogens is 1. The third kappa shape index (κ3) is 4.90. The maximum Gasteiger partial charge on any atom is 0.167 e. The third-order valence-corrected chi connectivity index (χ3v) is 2.86. The molecule has 1 unspecified atom stereocenters. The molecule has 0 saturated carbocycles. The number of benzene rings is 1. The fourth-order valence-electron chi connectivity index (χ4n) is 1.98. The van der Waals surface area contributed by atoms with E-state index in [1.165, 1.54) is 12.5 Å². The first kappa shape index (κ1) is 15.5. The first-order chi connectivity index (χ1) is 9.06. The quantitative estimate of drug-likeness (QED) is 0.560. The van der Waals surface area contributed by atoms with Gasteiger partial charge < -0.3 is 5.32 Å². The Labute approximate surface area is 116 Å². The molecule has 0 heterocycles. The molecule has 1 atom stereocenters. The second-order valence-electron chi connectivity index (χ2n) is 4.92. The van der Waals surface area contributed by atoms with E-state index in [1.807, 2.05) is 30.4 Å². The van der Waals surface area contributed by atoms with Crippen molar-refractivity contribution in [2.75, 3.05) is 0 Å². The molecule has 0 spiro atoms. The lowest BCUT2D eigenvalue weighted by molar-refractivity contribution is 0.334. The molecule has 0 aromatic heterocycles. The van der Waals surface area contributed by atoms with Crippen LogP contribution in [0.5, 0.6) is 0 Å². The molecule has 0 aliphatic carbocycles. The largest absolute Gasteiger partial charge is 0.356 e. The Morgan fingerprint density at radius 1 is 1.26 bits per heavy atom. The Kier molecular flexibility index (Phi) is 6.34. The molecule has 0 fully saturated rings. The zero-order chi connectivity index (χ0) is 14.3. The fourth-order valence-corrected chi connectivity index (χ4v) is 1.98. The summed E-state index contributed by atoms with van der Waals surface area (Å²) < 4.78 is 13.3. The molecule has 1 N–H and O–H groups in total. The van der Waals surface area contributed by atoms with Gasteiger partial charge >= 0.3 is 0 Å². The monoisotopic (exact) mass is 261 g/mol. The van der Waals surface area contributed by atoms with E-state index >= 15 is 0 Å². The van der Waals surface area contributed by atoms with E-state index in [1.54, 1.807) is 0 Å². The molecule has 104 valence electrons. The van der Waals surface area contributed by atoms with Crippen LogP contribution in [0.15, 0.2) is 42.5 Å².